The van der Waals surface area contributed by atoms with Gasteiger partial charge in [-0.2, -0.15) is 0 Å². The molecule has 2 aromatic rings. The van der Waals surface area contributed by atoms with Gasteiger partial charge in [-0.05, 0) is 50.3 Å². The van der Waals surface area contributed by atoms with E-state index in [2.05, 4.69) is 46.4 Å². The number of piperidine rings is 1. The van der Waals surface area contributed by atoms with Gasteiger partial charge in [-0.1, -0.05) is 29.8 Å². The highest BCUT2D eigenvalue weighted by Gasteiger charge is 2.25. The number of nitrogens with zero attached hydrogens (tertiary/aromatic N) is 2. The fourth-order valence-electron chi connectivity index (χ4n) is 3.61. The van der Waals surface area contributed by atoms with Crippen LogP contribution in [0.25, 0.3) is 0 Å². The molecule has 1 saturated carbocycles. The van der Waals surface area contributed by atoms with Gasteiger partial charge in [-0.15, -0.1) is 0 Å². The van der Waals surface area contributed by atoms with Crippen molar-refractivity contribution >= 4 is 11.7 Å². The Morgan fingerprint density at radius 2 is 2.08 bits per heavy atom. The van der Waals surface area contributed by atoms with Crippen LogP contribution >= 0.6 is 0 Å². The number of anilines is 1. The smallest absolute Gasteiger partial charge is 0.251 e. The van der Waals surface area contributed by atoms with E-state index in [0.717, 1.165) is 43.7 Å². The zero-order valence-electron chi connectivity index (χ0n) is 14.7. The molecule has 1 aliphatic carbocycles. The van der Waals surface area contributed by atoms with Gasteiger partial charge < -0.3 is 10.2 Å². The maximum Gasteiger partial charge on any atom is 0.251 e. The normalized spacial score (nSPS) is 20.4. The first-order valence-electron chi connectivity index (χ1n) is 9.27. The fourth-order valence-corrected chi connectivity index (χ4v) is 3.61. The van der Waals surface area contributed by atoms with Gasteiger partial charge in [0.1, 0.15) is 5.82 Å². The van der Waals surface area contributed by atoms with Gasteiger partial charge in [0.2, 0.25) is 0 Å². The van der Waals surface area contributed by atoms with Crippen LogP contribution in [0.1, 0.15) is 53.1 Å². The number of aryl methyl sites for hydroxylation is 1. The van der Waals surface area contributed by atoms with Crippen LogP contribution in [0.4, 0.5) is 5.82 Å². The molecule has 1 saturated heterocycles. The van der Waals surface area contributed by atoms with Crippen molar-refractivity contribution in [1.29, 1.82) is 0 Å². The minimum Gasteiger partial charge on any atom is -0.356 e. The van der Waals surface area contributed by atoms with E-state index in [1.54, 1.807) is 6.20 Å². The average Bonchev–Trinajstić information content (AvgIpc) is 3.46. The van der Waals surface area contributed by atoms with Crippen molar-refractivity contribution in [1.82, 2.24) is 10.3 Å². The van der Waals surface area contributed by atoms with Gasteiger partial charge in [0.15, 0.2) is 0 Å². The Hall–Kier alpha value is -2.36. The molecule has 1 amide bonds. The van der Waals surface area contributed by atoms with E-state index in [0.29, 0.717) is 12.0 Å². The maximum atomic E-state index is 12.3. The van der Waals surface area contributed by atoms with Gasteiger partial charge in [0.25, 0.3) is 5.91 Å². The van der Waals surface area contributed by atoms with Gasteiger partial charge >= 0.3 is 0 Å². The number of carbonyl (C=O) groups is 1. The van der Waals surface area contributed by atoms with Crippen molar-refractivity contribution in [3.05, 3.63) is 59.3 Å². The number of hydrogen-bond donors (Lipinski definition) is 1. The number of benzene rings is 1. The highest BCUT2D eigenvalue weighted by atomic mass is 16.1. The maximum absolute atomic E-state index is 12.3. The zero-order valence-corrected chi connectivity index (χ0v) is 14.7. The van der Waals surface area contributed by atoms with Crippen LogP contribution in [0, 0.1) is 6.92 Å². The number of carbonyl (C=O) groups excluding carboxylic acids is 1. The molecular weight excluding hydrogens is 310 g/mol. The third-order valence-corrected chi connectivity index (χ3v) is 5.18. The van der Waals surface area contributed by atoms with Crippen molar-refractivity contribution in [2.75, 3.05) is 18.0 Å². The highest BCUT2D eigenvalue weighted by Crippen LogP contribution is 2.30. The number of aromatic nitrogens is 1. The zero-order chi connectivity index (χ0) is 17.2. The van der Waals surface area contributed by atoms with Gasteiger partial charge in [0.05, 0.1) is 0 Å². The minimum atomic E-state index is 0.0263. The molecule has 1 atom stereocenters. The number of nitrogens with one attached hydrogen (secondary N) is 1. The SMILES string of the molecule is Cc1cccc(C2CCCN(c3cc(C(=O)NC4CC4)ccn3)C2)c1. The lowest BCUT2D eigenvalue weighted by Crippen LogP contribution is -2.35. The third-order valence-electron chi connectivity index (χ3n) is 5.18. The van der Waals surface area contributed by atoms with Crippen molar-refractivity contribution in [2.45, 2.75) is 44.6 Å². The topological polar surface area (TPSA) is 45.2 Å². The predicted octanol–water partition coefficient (Wildman–Crippen LogP) is 3.67. The molecule has 25 heavy (non-hydrogen) atoms. The summed E-state index contributed by atoms with van der Waals surface area (Å²) in [5, 5.41) is 3.06. The Labute approximate surface area is 149 Å². The Morgan fingerprint density at radius 3 is 2.88 bits per heavy atom. The highest BCUT2D eigenvalue weighted by molar-refractivity contribution is 5.95. The molecule has 1 aromatic carbocycles. The minimum absolute atomic E-state index is 0.0263. The first-order chi connectivity index (χ1) is 12.2. The van der Waals surface area contributed by atoms with E-state index in [1.165, 1.54) is 17.5 Å². The second-order valence-electron chi connectivity index (χ2n) is 7.35. The van der Waals surface area contributed by atoms with Gasteiger partial charge in [-0.25, -0.2) is 4.98 Å². The van der Waals surface area contributed by atoms with Crippen molar-refractivity contribution in [2.24, 2.45) is 0 Å². The predicted molar refractivity (Wildman–Crippen MR) is 100 cm³/mol. The summed E-state index contributed by atoms with van der Waals surface area (Å²) < 4.78 is 0. The summed E-state index contributed by atoms with van der Waals surface area (Å²) in [5.74, 6) is 1.47. The van der Waals surface area contributed by atoms with Crippen molar-refractivity contribution in [3.8, 4) is 0 Å². The van der Waals surface area contributed by atoms with E-state index in [1.807, 2.05) is 12.1 Å². The van der Waals surface area contributed by atoms with E-state index >= 15 is 0 Å². The quantitative estimate of drug-likeness (QED) is 0.927. The molecule has 4 rings (SSSR count). The molecule has 2 heterocycles. The summed E-state index contributed by atoms with van der Waals surface area (Å²) in [7, 11) is 0. The molecule has 0 radical (unpaired) electrons. The van der Waals surface area contributed by atoms with E-state index in [-0.39, 0.29) is 5.91 Å². The lowest BCUT2D eigenvalue weighted by molar-refractivity contribution is 0.0951. The van der Waals surface area contributed by atoms with Gasteiger partial charge in [-0.3, -0.25) is 4.79 Å². The standard InChI is InChI=1S/C21H25N3O/c1-15-4-2-5-16(12-15)18-6-3-11-24(14-18)20-13-17(9-10-22-20)21(25)23-19-7-8-19/h2,4-5,9-10,12-13,18-19H,3,6-8,11,14H2,1H3,(H,23,25). The second-order valence-corrected chi connectivity index (χ2v) is 7.35. The summed E-state index contributed by atoms with van der Waals surface area (Å²) in [6.45, 7) is 4.11. The number of rotatable bonds is 4. The van der Waals surface area contributed by atoms with Gasteiger partial charge in [0, 0.05) is 36.8 Å². The lowest BCUT2D eigenvalue weighted by atomic mass is 9.90. The summed E-state index contributed by atoms with van der Waals surface area (Å²) in [4.78, 5) is 19.2. The fraction of sp³-hybridized carbons (Fsp3) is 0.429. The van der Waals surface area contributed by atoms with Crippen molar-refractivity contribution < 1.29 is 4.79 Å². The monoisotopic (exact) mass is 335 g/mol. The Bertz CT molecular complexity index is 769. The molecule has 2 aliphatic rings. The Morgan fingerprint density at radius 1 is 1.20 bits per heavy atom. The molecule has 4 nitrogen and oxygen atoms in total. The summed E-state index contributed by atoms with van der Waals surface area (Å²) in [5.41, 5.74) is 3.44. The van der Waals surface area contributed by atoms with Crippen LogP contribution in [0.15, 0.2) is 42.6 Å². The summed E-state index contributed by atoms with van der Waals surface area (Å²) in [6, 6.07) is 12.9. The molecule has 0 spiro atoms. The Kier molecular flexibility index (Phi) is 4.43. The Balaban J connectivity index is 1.50. The first kappa shape index (κ1) is 16.1. The molecule has 1 aliphatic heterocycles. The first-order valence-corrected chi connectivity index (χ1v) is 9.27. The van der Waals surface area contributed by atoms with Crippen molar-refractivity contribution in [3.63, 3.8) is 0 Å². The number of hydrogen-bond acceptors (Lipinski definition) is 3. The number of amides is 1. The van der Waals surface area contributed by atoms with E-state index in [4.69, 9.17) is 0 Å². The van der Waals surface area contributed by atoms with Crippen LogP contribution in [0.3, 0.4) is 0 Å². The largest absolute Gasteiger partial charge is 0.356 e. The molecular formula is C21H25N3O. The van der Waals surface area contributed by atoms with E-state index in [9.17, 15) is 4.79 Å². The third kappa shape index (κ3) is 3.84. The lowest BCUT2D eigenvalue weighted by Gasteiger charge is -2.34. The van der Waals surface area contributed by atoms with E-state index < -0.39 is 0 Å². The molecule has 1 aromatic heterocycles. The average molecular weight is 335 g/mol. The molecule has 130 valence electrons. The van der Waals surface area contributed by atoms with Crippen LogP contribution in [-0.2, 0) is 0 Å². The van der Waals surface area contributed by atoms with Crippen LogP contribution in [-0.4, -0.2) is 30.0 Å². The van der Waals surface area contributed by atoms with Crippen LogP contribution in [0.2, 0.25) is 0 Å². The summed E-state index contributed by atoms with van der Waals surface area (Å²) in [6.07, 6.45) is 6.33. The molecule has 2 fully saturated rings. The summed E-state index contributed by atoms with van der Waals surface area (Å²) >= 11 is 0. The number of pyridine rings is 1. The van der Waals surface area contributed by atoms with Crippen LogP contribution < -0.4 is 10.2 Å². The molecule has 0 bridgehead atoms. The molecule has 1 N–H and O–H groups in total. The molecule has 1 unspecified atom stereocenters. The molecule has 4 heteroatoms. The van der Waals surface area contributed by atoms with Crippen LogP contribution in [0.5, 0.6) is 0 Å². The second kappa shape index (κ2) is 6.87.